The second kappa shape index (κ2) is 6.48. The zero-order valence-corrected chi connectivity index (χ0v) is 22.9. The number of hydrogen-bond donors (Lipinski definition) is 2. The van der Waals surface area contributed by atoms with Crippen LogP contribution in [-0.2, 0) is 19.1 Å². The Kier molecular flexibility index (Phi) is 3.79. The second-order valence-corrected chi connectivity index (χ2v) is 13.1. The summed E-state index contributed by atoms with van der Waals surface area (Å²) in [7, 11) is 2.71. The third-order valence-corrected chi connectivity index (χ3v) is 12.3. The van der Waals surface area contributed by atoms with Gasteiger partial charge in [0.1, 0.15) is 22.3 Å². The Labute approximate surface area is 238 Å². The molecule has 2 N–H and O–H groups in total. The lowest BCUT2D eigenvalue weighted by Crippen LogP contribution is -2.74. The number of aromatic hydroxyl groups is 2. The molecule has 2 aromatic rings. The van der Waals surface area contributed by atoms with Gasteiger partial charge in [-0.15, -0.1) is 0 Å². The largest absolute Gasteiger partial charge is 0.507 e. The first-order valence-electron chi connectivity index (χ1n) is 13.9. The molecule has 7 aliphatic carbocycles. The van der Waals surface area contributed by atoms with E-state index in [0.29, 0.717) is 11.1 Å². The van der Waals surface area contributed by atoms with Crippen molar-refractivity contribution in [3.8, 4) is 11.5 Å². The summed E-state index contributed by atoms with van der Waals surface area (Å²) in [6.45, 7) is 3.27. The average Bonchev–Trinajstić information content (AvgIpc) is 3.48. The highest BCUT2D eigenvalue weighted by atomic mass is 16.5. The molecule has 5 fully saturated rings. The SMILES string of the molecule is COC1C2C3C(OC)[C@@H]4C(=O)C56C(=O)c7c(O)cc(C)cc7C(=O)[C@]35[C@H]1C(=O)C61C(=O)c3c(O)cc(C)cc3C(=O)[C@@]241. The summed E-state index contributed by atoms with van der Waals surface area (Å²) in [6.07, 6.45) is -2.11. The van der Waals surface area contributed by atoms with Gasteiger partial charge in [0.15, 0.2) is 34.7 Å². The van der Waals surface area contributed by atoms with Crippen molar-refractivity contribution in [2.75, 3.05) is 14.2 Å². The number of carbonyl (C=O) groups is 6. The Morgan fingerprint density at radius 3 is 1.29 bits per heavy atom. The standard InChI is InChI=1S/C32H24O10/c1-9-5-11-15(13(33)7-9)25(37)31-28(40)20-21(41-3)17-18-22(42-4)19(29(17,31)23(11)35)27(39)32(31)26(38)16-12(24(36)30(18,20)32)6-10(2)8-14(16)34/h5-8,17-22,33-34H,1-4H3/t17?,18?,19-,20-,21?,22?,29-,30-,31?,32?/m1/s1. The van der Waals surface area contributed by atoms with Gasteiger partial charge in [-0.05, 0) is 49.2 Å². The van der Waals surface area contributed by atoms with Crippen molar-refractivity contribution in [2.45, 2.75) is 26.1 Å². The molecule has 10 atom stereocenters. The summed E-state index contributed by atoms with van der Waals surface area (Å²) in [5.74, 6) is -11.0. The smallest absolute Gasteiger partial charge is 0.183 e. The van der Waals surface area contributed by atoms with Gasteiger partial charge >= 0.3 is 0 Å². The number of phenols is 2. The van der Waals surface area contributed by atoms with Crippen molar-refractivity contribution in [3.63, 3.8) is 0 Å². The molecule has 0 aliphatic heterocycles. The van der Waals surface area contributed by atoms with Gasteiger partial charge in [0.25, 0.3) is 0 Å². The molecule has 6 bridgehead atoms. The van der Waals surface area contributed by atoms with Crippen LogP contribution in [0, 0.1) is 59.2 Å². The maximum absolute atomic E-state index is 15.1. The molecular weight excluding hydrogens is 544 g/mol. The van der Waals surface area contributed by atoms with Crippen molar-refractivity contribution >= 4 is 34.7 Å². The first-order valence-corrected chi connectivity index (χ1v) is 13.9. The number of rotatable bonds is 2. The topological polar surface area (TPSA) is 161 Å². The summed E-state index contributed by atoms with van der Waals surface area (Å²) < 4.78 is 11.9. The van der Waals surface area contributed by atoms with E-state index in [4.69, 9.17) is 9.47 Å². The molecule has 0 heterocycles. The van der Waals surface area contributed by atoms with Gasteiger partial charge in [-0.2, -0.15) is 0 Å². The molecule has 5 saturated carbocycles. The predicted octanol–water partition coefficient (Wildman–Crippen LogP) is 1.82. The van der Waals surface area contributed by atoms with Crippen LogP contribution in [0.1, 0.15) is 52.6 Å². The lowest BCUT2D eigenvalue weighted by atomic mass is 9.36. The molecule has 0 amide bonds. The fraction of sp³-hybridized carbons (Fsp3) is 0.438. The Balaban J connectivity index is 1.55. The van der Waals surface area contributed by atoms with Gasteiger partial charge in [-0.1, -0.05) is 0 Å². The monoisotopic (exact) mass is 568 g/mol. The van der Waals surface area contributed by atoms with Crippen LogP contribution in [0.3, 0.4) is 0 Å². The van der Waals surface area contributed by atoms with Crippen LogP contribution in [0.2, 0.25) is 0 Å². The number of hydrogen-bond acceptors (Lipinski definition) is 10. The summed E-state index contributed by atoms with van der Waals surface area (Å²) in [5.41, 5.74) is -9.51. The number of benzene rings is 2. The van der Waals surface area contributed by atoms with Crippen LogP contribution in [0.5, 0.6) is 11.5 Å². The molecule has 0 radical (unpaired) electrons. The third-order valence-electron chi connectivity index (χ3n) is 12.3. The van der Waals surface area contributed by atoms with E-state index >= 15 is 28.8 Å². The number of ketones is 6. The minimum absolute atomic E-state index is 0.132. The zero-order chi connectivity index (χ0) is 29.8. The molecular formula is C32H24O10. The number of phenolic OH excluding ortho intramolecular Hbond substituents is 2. The van der Waals surface area contributed by atoms with E-state index in [1.165, 1.54) is 38.5 Å². The Bertz CT molecular complexity index is 1750. The Hall–Kier alpha value is -4.02. The third kappa shape index (κ3) is 1.66. The van der Waals surface area contributed by atoms with Gasteiger partial charge in [0.05, 0.1) is 46.0 Å². The fourth-order valence-corrected chi connectivity index (χ4v) is 12.0. The lowest BCUT2D eigenvalue weighted by Gasteiger charge is -2.59. The Morgan fingerprint density at radius 2 is 0.952 bits per heavy atom. The highest BCUT2D eigenvalue weighted by Crippen LogP contribution is 2.96. The number of carbonyl (C=O) groups excluding carboxylic acids is 6. The van der Waals surface area contributed by atoms with Crippen LogP contribution in [0.4, 0.5) is 0 Å². The van der Waals surface area contributed by atoms with Crippen molar-refractivity contribution in [1.82, 2.24) is 0 Å². The van der Waals surface area contributed by atoms with Crippen molar-refractivity contribution in [3.05, 3.63) is 57.6 Å². The quantitative estimate of drug-likeness (QED) is 0.511. The molecule has 7 aliphatic rings. The molecule has 42 heavy (non-hydrogen) atoms. The Morgan fingerprint density at radius 1 is 0.595 bits per heavy atom. The maximum Gasteiger partial charge on any atom is 0.183 e. The van der Waals surface area contributed by atoms with Crippen LogP contribution in [0.25, 0.3) is 0 Å². The molecule has 0 saturated heterocycles. The van der Waals surface area contributed by atoms with Gasteiger partial charge in [-0.25, -0.2) is 0 Å². The number of aryl methyl sites for hydroxylation is 2. The number of fused-ring (bicyclic) bond motifs is 2. The van der Waals surface area contributed by atoms with Crippen LogP contribution in [-0.4, -0.2) is 71.3 Å². The molecule has 212 valence electrons. The molecule has 2 aromatic carbocycles. The van der Waals surface area contributed by atoms with Gasteiger partial charge in [-0.3, -0.25) is 28.8 Å². The van der Waals surface area contributed by atoms with E-state index in [1.807, 2.05) is 0 Å². The first-order chi connectivity index (χ1) is 19.9. The summed E-state index contributed by atoms with van der Waals surface area (Å²) in [4.78, 5) is 90.5. The predicted molar refractivity (Wildman–Crippen MR) is 138 cm³/mol. The second-order valence-electron chi connectivity index (χ2n) is 13.1. The van der Waals surface area contributed by atoms with Gasteiger partial charge < -0.3 is 19.7 Å². The zero-order valence-electron chi connectivity index (χ0n) is 22.9. The lowest BCUT2D eigenvalue weighted by molar-refractivity contribution is -0.155. The van der Waals surface area contributed by atoms with Crippen LogP contribution in [0.15, 0.2) is 24.3 Å². The van der Waals surface area contributed by atoms with Crippen molar-refractivity contribution in [2.24, 2.45) is 45.3 Å². The molecule has 9 rings (SSSR count). The minimum atomic E-state index is -2.60. The van der Waals surface area contributed by atoms with Crippen LogP contribution >= 0.6 is 0 Å². The van der Waals surface area contributed by atoms with Crippen LogP contribution < -0.4 is 0 Å². The number of methoxy groups -OCH3 is 2. The summed E-state index contributed by atoms with van der Waals surface area (Å²) in [6, 6.07) is 5.46. The van der Waals surface area contributed by atoms with Gasteiger partial charge in [0, 0.05) is 37.2 Å². The summed E-state index contributed by atoms with van der Waals surface area (Å²) in [5, 5.41) is 22.1. The van der Waals surface area contributed by atoms with Crippen molar-refractivity contribution in [1.29, 1.82) is 0 Å². The maximum atomic E-state index is 15.1. The van der Waals surface area contributed by atoms with E-state index in [0.717, 1.165) is 0 Å². The number of ether oxygens (including phenoxy) is 2. The minimum Gasteiger partial charge on any atom is -0.507 e. The molecule has 6 unspecified atom stereocenters. The molecule has 10 nitrogen and oxygen atoms in total. The average molecular weight is 569 g/mol. The molecule has 10 heteroatoms. The first kappa shape index (κ1) is 24.6. The van der Waals surface area contributed by atoms with E-state index in [9.17, 15) is 10.2 Å². The molecule has 4 spiro atoms. The van der Waals surface area contributed by atoms with E-state index < -0.39 is 115 Å². The highest BCUT2D eigenvalue weighted by molar-refractivity contribution is 6.45. The van der Waals surface area contributed by atoms with E-state index in [1.54, 1.807) is 13.8 Å². The van der Waals surface area contributed by atoms with E-state index in [-0.39, 0.29) is 11.1 Å². The normalized spacial score (nSPS) is 44.3. The number of Topliss-reactive ketones (excluding diaryl/α,β-unsaturated/α-hetero) is 6. The van der Waals surface area contributed by atoms with E-state index in [2.05, 4.69) is 0 Å². The molecule has 0 aromatic heterocycles. The van der Waals surface area contributed by atoms with Gasteiger partial charge in [0.2, 0.25) is 0 Å². The fourth-order valence-electron chi connectivity index (χ4n) is 12.0. The van der Waals surface area contributed by atoms with Crippen molar-refractivity contribution < 1.29 is 48.5 Å². The summed E-state index contributed by atoms with van der Waals surface area (Å²) >= 11 is 0. The highest BCUT2D eigenvalue weighted by Gasteiger charge is 3.10.